The highest BCUT2D eigenvalue weighted by atomic mass is 32.2. The van der Waals surface area contributed by atoms with Crippen LogP contribution in [0.3, 0.4) is 0 Å². The number of carbonyl (C=O) groups is 1. The summed E-state index contributed by atoms with van der Waals surface area (Å²) in [5.41, 5.74) is 0.895. The Bertz CT molecular complexity index is 991. The average Bonchev–Trinajstić information content (AvgIpc) is 3.27. The summed E-state index contributed by atoms with van der Waals surface area (Å²) in [6, 6.07) is 8.01. The van der Waals surface area contributed by atoms with Crippen molar-refractivity contribution in [2.24, 2.45) is 5.92 Å². The van der Waals surface area contributed by atoms with E-state index in [1.54, 1.807) is 23.0 Å². The number of hydrogen-bond acceptors (Lipinski definition) is 5. The van der Waals surface area contributed by atoms with Crippen LogP contribution in [-0.4, -0.2) is 53.6 Å². The van der Waals surface area contributed by atoms with E-state index in [2.05, 4.69) is 15.3 Å². The predicted molar refractivity (Wildman–Crippen MR) is 108 cm³/mol. The molecule has 3 heterocycles. The molecule has 0 unspecified atom stereocenters. The lowest BCUT2D eigenvalue weighted by Crippen LogP contribution is -2.40. The van der Waals surface area contributed by atoms with Crippen LogP contribution in [0.5, 0.6) is 0 Å². The fraction of sp³-hybridized carbons (Fsp3) is 0.500. The van der Waals surface area contributed by atoms with Crippen molar-refractivity contribution in [2.75, 3.05) is 29.9 Å². The number of benzene rings is 1. The molecule has 0 spiro atoms. The summed E-state index contributed by atoms with van der Waals surface area (Å²) in [5, 5.41) is 7.17. The molecule has 9 heteroatoms. The number of sulfone groups is 1. The third-order valence-corrected chi connectivity index (χ3v) is 7.40. The van der Waals surface area contributed by atoms with Gasteiger partial charge in [-0.25, -0.2) is 17.5 Å². The number of hydrogen-bond donors (Lipinski definition) is 1. The van der Waals surface area contributed by atoms with Crippen molar-refractivity contribution in [3.63, 3.8) is 0 Å². The largest absolute Gasteiger partial charge is 0.311 e. The van der Waals surface area contributed by atoms with Crippen LogP contribution in [-0.2, 0) is 21.2 Å². The van der Waals surface area contributed by atoms with Crippen molar-refractivity contribution < 1.29 is 17.6 Å². The van der Waals surface area contributed by atoms with Gasteiger partial charge in [-0.2, -0.15) is 5.10 Å². The third kappa shape index (κ3) is 4.84. The second kappa shape index (κ2) is 8.23. The first-order chi connectivity index (χ1) is 13.9. The molecule has 1 aromatic carbocycles. The molecule has 4 rings (SSSR count). The van der Waals surface area contributed by atoms with Crippen LogP contribution < -0.4 is 5.32 Å². The van der Waals surface area contributed by atoms with E-state index in [0.29, 0.717) is 25.3 Å². The van der Waals surface area contributed by atoms with Gasteiger partial charge in [0.25, 0.3) is 0 Å². The van der Waals surface area contributed by atoms with Crippen molar-refractivity contribution in [2.45, 2.75) is 31.8 Å². The van der Waals surface area contributed by atoms with E-state index in [9.17, 15) is 17.6 Å². The van der Waals surface area contributed by atoms with Crippen LogP contribution >= 0.6 is 0 Å². The van der Waals surface area contributed by atoms with Gasteiger partial charge in [0.15, 0.2) is 9.84 Å². The molecule has 7 nitrogen and oxygen atoms in total. The molecule has 0 bridgehead atoms. The van der Waals surface area contributed by atoms with Gasteiger partial charge in [0, 0.05) is 19.2 Å². The first-order valence-electron chi connectivity index (χ1n) is 9.91. The molecule has 1 aromatic heterocycles. The lowest BCUT2D eigenvalue weighted by atomic mass is 9.96. The van der Waals surface area contributed by atoms with Crippen LogP contribution in [0.4, 0.5) is 10.2 Å². The number of rotatable bonds is 5. The zero-order chi connectivity index (χ0) is 20.4. The van der Waals surface area contributed by atoms with Crippen molar-refractivity contribution in [3.05, 3.63) is 47.9 Å². The summed E-state index contributed by atoms with van der Waals surface area (Å²) in [6.07, 6.45) is 3.78. The van der Waals surface area contributed by atoms with Gasteiger partial charge >= 0.3 is 0 Å². The predicted octanol–water partition coefficient (Wildman–Crippen LogP) is 2.23. The lowest BCUT2D eigenvalue weighted by molar-refractivity contribution is -0.121. The zero-order valence-electron chi connectivity index (χ0n) is 16.1. The second-order valence-corrected chi connectivity index (χ2v) is 10.1. The molecule has 1 N–H and O–H groups in total. The smallest absolute Gasteiger partial charge is 0.229 e. The number of aromatic nitrogens is 2. The van der Waals surface area contributed by atoms with E-state index in [1.165, 1.54) is 12.1 Å². The minimum Gasteiger partial charge on any atom is -0.311 e. The minimum absolute atomic E-state index is 0.0579. The Morgan fingerprint density at radius 1 is 1.28 bits per heavy atom. The molecule has 2 aliphatic heterocycles. The fourth-order valence-corrected chi connectivity index (χ4v) is 5.90. The van der Waals surface area contributed by atoms with E-state index < -0.39 is 9.84 Å². The van der Waals surface area contributed by atoms with Crippen molar-refractivity contribution >= 4 is 21.6 Å². The Balaban J connectivity index is 1.38. The van der Waals surface area contributed by atoms with E-state index in [0.717, 1.165) is 24.9 Å². The van der Waals surface area contributed by atoms with E-state index >= 15 is 0 Å². The van der Waals surface area contributed by atoms with Crippen LogP contribution in [0.15, 0.2) is 36.5 Å². The van der Waals surface area contributed by atoms with Gasteiger partial charge in [-0.15, -0.1) is 0 Å². The van der Waals surface area contributed by atoms with Gasteiger partial charge < -0.3 is 5.32 Å². The summed E-state index contributed by atoms with van der Waals surface area (Å²) in [4.78, 5) is 15.0. The van der Waals surface area contributed by atoms with Gasteiger partial charge in [-0.05, 0) is 43.5 Å². The maximum Gasteiger partial charge on any atom is 0.229 e. The molecule has 156 valence electrons. The molecule has 0 radical (unpaired) electrons. The Kier molecular flexibility index (Phi) is 5.69. The Morgan fingerprint density at radius 2 is 2.14 bits per heavy atom. The maximum absolute atomic E-state index is 13.4. The van der Waals surface area contributed by atoms with Gasteiger partial charge in [0.2, 0.25) is 5.91 Å². The highest BCUT2D eigenvalue weighted by molar-refractivity contribution is 7.91. The molecule has 2 fully saturated rings. The normalized spacial score (nSPS) is 24.4. The number of nitrogens with zero attached hydrogens (tertiary/aromatic N) is 3. The van der Waals surface area contributed by atoms with Gasteiger partial charge in [0.05, 0.1) is 29.7 Å². The van der Waals surface area contributed by atoms with Gasteiger partial charge in [-0.1, -0.05) is 12.1 Å². The monoisotopic (exact) mass is 420 g/mol. The second-order valence-electron chi connectivity index (χ2n) is 7.91. The number of amides is 1. The van der Waals surface area contributed by atoms with E-state index in [-0.39, 0.29) is 35.2 Å². The highest BCUT2D eigenvalue weighted by Crippen LogP contribution is 2.27. The number of nitrogens with one attached hydrogen (secondary N) is 1. The third-order valence-electron chi connectivity index (χ3n) is 5.65. The van der Waals surface area contributed by atoms with E-state index in [4.69, 9.17) is 0 Å². The number of likely N-dealkylation sites (tertiary alicyclic amines) is 1. The molecule has 2 saturated heterocycles. The number of piperidine rings is 1. The van der Waals surface area contributed by atoms with Crippen molar-refractivity contribution in [1.29, 1.82) is 0 Å². The van der Waals surface area contributed by atoms with Crippen LogP contribution in [0.1, 0.15) is 30.9 Å². The molecular weight excluding hydrogens is 395 g/mol. The summed E-state index contributed by atoms with van der Waals surface area (Å²) in [5.74, 6) is 0.241. The molecule has 29 heavy (non-hydrogen) atoms. The topological polar surface area (TPSA) is 84.3 Å². The number of carbonyl (C=O) groups excluding carboxylic acids is 1. The number of halogens is 1. The zero-order valence-corrected chi connectivity index (χ0v) is 16.9. The van der Waals surface area contributed by atoms with Gasteiger partial charge in [-0.3, -0.25) is 9.69 Å². The minimum atomic E-state index is -3.03. The SMILES string of the molecule is O=C(Nc1ccnn1[C@H]1CCS(=O)(=O)C1)[C@H]1CCCN(Cc2cccc(F)c2)C1. The summed E-state index contributed by atoms with van der Waals surface area (Å²) >= 11 is 0. The quantitative estimate of drug-likeness (QED) is 0.802. The average molecular weight is 421 g/mol. The number of anilines is 1. The summed E-state index contributed by atoms with van der Waals surface area (Å²) in [6.45, 7) is 2.09. The fourth-order valence-electron chi connectivity index (χ4n) is 4.21. The highest BCUT2D eigenvalue weighted by Gasteiger charge is 2.32. The first kappa shape index (κ1) is 20.0. The lowest BCUT2D eigenvalue weighted by Gasteiger charge is -2.32. The molecule has 2 aromatic rings. The molecule has 0 saturated carbocycles. The first-order valence-corrected chi connectivity index (χ1v) is 11.7. The Hall–Kier alpha value is -2.26. The van der Waals surface area contributed by atoms with Crippen LogP contribution in [0.2, 0.25) is 0 Å². The van der Waals surface area contributed by atoms with Gasteiger partial charge in [0.1, 0.15) is 11.6 Å². The van der Waals surface area contributed by atoms with Crippen molar-refractivity contribution in [1.82, 2.24) is 14.7 Å². The Morgan fingerprint density at radius 3 is 2.90 bits per heavy atom. The summed E-state index contributed by atoms with van der Waals surface area (Å²) in [7, 11) is -3.03. The molecule has 1 amide bonds. The van der Waals surface area contributed by atoms with Crippen molar-refractivity contribution in [3.8, 4) is 0 Å². The summed E-state index contributed by atoms with van der Waals surface area (Å²) < 4.78 is 38.6. The van der Waals surface area contributed by atoms with Crippen LogP contribution in [0.25, 0.3) is 0 Å². The van der Waals surface area contributed by atoms with E-state index in [1.807, 2.05) is 6.07 Å². The molecular formula is C20H25FN4O3S. The molecule has 2 atom stereocenters. The maximum atomic E-state index is 13.4. The Labute approximate surface area is 169 Å². The van der Waals surface area contributed by atoms with Crippen LogP contribution in [0, 0.1) is 11.7 Å². The molecule has 2 aliphatic rings. The molecule has 0 aliphatic carbocycles. The standard InChI is InChI=1S/C20H25FN4O3S/c21-17-5-1-3-15(11-17)12-24-9-2-4-16(13-24)20(26)23-19-6-8-22-25(19)18-7-10-29(27,28)14-18/h1,3,5-6,8,11,16,18H,2,4,7,9-10,12-14H2,(H,23,26)/t16-,18-/m0/s1.